The Morgan fingerprint density at radius 1 is 0.269 bits per heavy atom. The van der Waals surface area contributed by atoms with E-state index in [-0.39, 0.29) is 11.2 Å². The molecule has 0 bridgehead atoms. The second-order valence-electron chi connectivity index (χ2n) is 31.3. The van der Waals surface area contributed by atoms with E-state index in [2.05, 4.69) is 397 Å². The van der Waals surface area contributed by atoms with E-state index in [1.807, 2.05) is 71.3 Å². The van der Waals surface area contributed by atoms with E-state index in [0.29, 0.717) is 5.56 Å². The Kier molecular flexibility index (Phi) is 26.3. The number of rotatable bonds is 7. The fourth-order valence-corrected chi connectivity index (χ4v) is 17.5. The van der Waals surface area contributed by atoms with Crippen LogP contribution in [0.15, 0.2) is 389 Å². The van der Waals surface area contributed by atoms with Crippen molar-refractivity contribution in [2.75, 3.05) is 0 Å². The molecule has 16 aromatic carbocycles. The highest BCUT2D eigenvalue weighted by molar-refractivity contribution is 7.26. The second-order valence-corrected chi connectivity index (χ2v) is 33.4. The SMILES string of the molecule is Cc1ccc(-c2ccc(C#N)cc2)cc1.Cc1ccc(-c2ccc(F)cc2)cc1.Cc1ccc(-c2ccc3c(c2)C(C)(C)c2ccccc2-3)cc1.Cc1ccc(-c2ccc3sc4ccccc4c3c2)cc1.Cc1ccc(-c2cccc3c2sc2ccccc23)cc1.Cc1ccc(-c2ccccc2C)c(C)c1.Cc1ccc(-c2cccnc2)cc1. The first kappa shape index (κ1) is 82.1. The number of halogens is 1. The Labute approximate surface area is 710 Å². The van der Waals surface area contributed by atoms with E-state index in [1.54, 1.807) is 18.3 Å². The quantitative estimate of drug-likeness (QED) is 0.159. The molecule has 3 heterocycles. The van der Waals surface area contributed by atoms with Crippen LogP contribution in [0.4, 0.5) is 4.39 Å². The van der Waals surface area contributed by atoms with Gasteiger partial charge < -0.3 is 0 Å². The molecule has 0 saturated carbocycles. The first-order chi connectivity index (χ1) is 57.8. The van der Waals surface area contributed by atoms with Crippen LogP contribution in [0.3, 0.4) is 0 Å². The molecule has 0 spiro atoms. The maximum atomic E-state index is 12.7. The molecule has 3 aromatic heterocycles. The predicted octanol–water partition coefficient (Wildman–Crippen LogP) is 32.7. The summed E-state index contributed by atoms with van der Waals surface area (Å²) in [5.41, 5.74) is 35.5. The average Bonchev–Trinajstić information content (AvgIpc) is 1.58. The molecule has 0 unspecified atom stereocenters. The molecule has 582 valence electrons. The third-order valence-corrected chi connectivity index (χ3v) is 24.4. The number of pyridine rings is 1. The van der Waals surface area contributed by atoms with Gasteiger partial charge in [-0.25, -0.2) is 4.39 Å². The van der Waals surface area contributed by atoms with Crippen molar-refractivity contribution < 1.29 is 4.39 Å². The highest BCUT2D eigenvalue weighted by Crippen LogP contribution is 2.50. The number of aromatic nitrogens is 1. The summed E-state index contributed by atoms with van der Waals surface area (Å²) in [4.78, 5) is 4.08. The largest absolute Gasteiger partial charge is 0.264 e. The Hall–Kier alpha value is -13.5. The van der Waals surface area contributed by atoms with Crippen molar-refractivity contribution in [2.45, 2.75) is 81.6 Å². The van der Waals surface area contributed by atoms with Crippen LogP contribution in [0.5, 0.6) is 0 Å². The molecule has 20 rings (SSSR count). The van der Waals surface area contributed by atoms with Gasteiger partial charge in [0.1, 0.15) is 5.82 Å². The summed E-state index contributed by atoms with van der Waals surface area (Å²) in [5, 5.41) is 14.1. The van der Waals surface area contributed by atoms with E-state index in [1.165, 1.54) is 186 Å². The molecule has 119 heavy (non-hydrogen) atoms. The number of hydrogen-bond acceptors (Lipinski definition) is 4. The van der Waals surface area contributed by atoms with Crippen molar-refractivity contribution in [1.29, 1.82) is 5.26 Å². The monoisotopic (exact) mass is 1580 g/mol. The van der Waals surface area contributed by atoms with E-state index in [0.717, 1.165) is 16.7 Å². The second kappa shape index (κ2) is 38.1. The summed E-state index contributed by atoms with van der Waals surface area (Å²) < 4.78 is 18.1. The maximum Gasteiger partial charge on any atom is 0.123 e. The summed E-state index contributed by atoms with van der Waals surface area (Å²) >= 11 is 3.76. The average molecular weight is 1580 g/mol. The summed E-state index contributed by atoms with van der Waals surface area (Å²) in [6.07, 6.45) is 3.67. The lowest BCUT2D eigenvalue weighted by Crippen LogP contribution is -2.14. The Morgan fingerprint density at radius 2 is 0.647 bits per heavy atom. The third kappa shape index (κ3) is 20.1. The molecular formula is C114H97FN2S2. The van der Waals surface area contributed by atoms with Crippen LogP contribution in [0.2, 0.25) is 0 Å². The van der Waals surface area contributed by atoms with Gasteiger partial charge in [-0.15, -0.1) is 22.7 Å². The van der Waals surface area contributed by atoms with Crippen molar-refractivity contribution in [3.05, 3.63) is 461 Å². The minimum atomic E-state index is -0.194. The van der Waals surface area contributed by atoms with Gasteiger partial charge >= 0.3 is 0 Å². The zero-order valence-corrected chi connectivity index (χ0v) is 71.2. The molecule has 0 amide bonds. The van der Waals surface area contributed by atoms with Gasteiger partial charge in [0.05, 0.1) is 11.6 Å². The van der Waals surface area contributed by atoms with Gasteiger partial charge in [-0.3, -0.25) is 4.98 Å². The van der Waals surface area contributed by atoms with Crippen LogP contribution in [0, 0.1) is 79.5 Å². The summed E-state index contributed by atoms with van der Waals surface area (Å²) in [5.74, 6) is -0.194. The third-order valence-electron chi connectivity index (χ3n) is 22.0. The first-order valence-corrected chi connectivity index (χ1v) is 42.2. The summed E-state index contributed by atoms with van der Waals surface area (Å²) in [6, 6.07) is 133. The Morgan fingerprint density at radius 3 is 1.17 bits per heavy atom. The lowest BCUT2D eigenvalue weighted by molar-refractivity contribution is 0.628. The van der Waals surface area contributed by atoms with Gasteiger partial charge in [-0.2, -0.15) is 5.26 Å². The maximum absolute atomic E-state index is 12.7. The van der Waals surface area contributed by atoms with Gasteiger partial charge in [-0.1, -0.05) is 368 Å². The van der Waals surface area contributed by atoms with Crippen LogP contribution in [-0.2, 0) is 5.41 Å². The number of fused-ring (bicyclic) bond motifs is 9. The zero-order valence-electron chi connectivity index (χ0n) is 69.5. The summed E-state index contributed by atoms with van der Waals surface area (Å²) in [7, 11) is 0. The number of thiophene rings is 2. The molecule has 2 nitrogen and oxygen atoms in total. The number of aryl methyl sites for hydroxylation is 9. The van der Waals surface area contributed by atoms with Crippen LogP contribution in [-0.4, -0.2) is 4.98 Å². The Balaban J connectivity index is 0.000000115. The zero-order chi connectivity index (χ0) is 82.9. The van der Waals surface area contributed by atoms with Gasteiger partial charge in [-0.05, 0) is 234 Å². The van der Waals surface area contributed by atoms with Gasteiger partial charge in [0, 0.05) is 58.2 Å². The first-order valence-electron chi connectivity index (χ1n) is 40.6. The molecule has 1 aliphatic carbocycles. The highest BCUT2D eigenvalue weighted by Gasteiger charge is 2.35. The number of benzene rings is 16. The molecule has 0 atom stereocenters. The van der Waals surface area contributed by atoms with Crippen molar-refractivity contribution in [2.24, 2.45) is 0 Å². The van der Waals surface area contributed by atoms with Crippen molar-refractivity contribution in [1.82, 2.24) is 4.98 Å². The van der Waals surface area contributed by atoms with Crippen LogP contribution in [0.25, 0.3) is 129 Å². The smallest absolute Gasteiger partial charge is 0.123 e. The van der Waals surface area contributed by atoms with Gasteiger partial charge in [0.2, 0.25) is 0 Å². The van der Waals surface area contributed by atoms with Gasteiger partial charge in [0.25, 0.3) is 0 Å². The Bertz CT molecular complexity index is 6610. The standard InChI is InChI=1S/C22H20.2C19H14S.C15H16.C14H11N.C13H11F.C12H11N/c1-15-8-10-16(11-9-15)17-12-13-19-18-6-4-5-7-20(18)22(2,3)21(19)14-17;1-13-9-11-14(12-10-13)15-6-4-7-17-16-5-2-3-8-18(16)20-19(15)17;1-13-6-8-14(9-7-13)15-10-11-19-17(12-15)16-4-2-3-5-18(16)20-19;1-11-8-9-15(13(3)10-11)14-7-5-4-6-12(14)2;1-11-2-6-13(7-3-11)14-8-4-12(10-15)5-9-14;1-10-2-4-11(5-3-10)12-6-8-13(14)9-7-12;1-10-4-6-11(7-5-10)12-3-2-8-13-9-12/h4-14H,1-3H3;2*2-12H,1H3;4-10H,1-3H3;2-9H,1H3;2-9H,1H3;2-9H,1H3. The fourth-order valence-electron chi connectivity index (χ4n) is 15.1. The van der Waals surface area contributed by atoms with E-state index in [9.17, 15) is 4.39 Å². The highest BCUT2D eigenvalue weighted by atomic mass is 32.1. The van der Waals surface area contributed by atoms with Crippen molar-refractivity contribution in [3.63, 3.8) is 0 Å². The lowest BCUT2D eigenvalue weighted by atomic mass is 9.81. The van der Waals surface area contributed by atoms with Crippen molar-refractivity contribution >= 4 is 63.0 Å². The molecule has 0 fully saturated rings. The molecular weight excluding hydrogens is 1480 g/mol. The topological polar surface area (TPSA) is 36.7 Å². The molecule has 0 radical (unpaired) electrons. The lowest BCUT2D eigenvalue weighted by Gasteiger charge is -2.22. The molecule has 19 aromatic rings. The van der Waals surface area contributed by atoms with Crippen LogP contribution < -0.4 is 0 Å². The van der Waals surface area contributed by atoms with Crippen LogP contribution >= 0.6 is 22.7 Å². The normalized spacial score (nSPS) is 11.3. The minimum absolute atomic E-state index is 0.0760. The minimum Gasteiger partial charge on any atom is -0.264 e. The van der Waals surface area contributed by atoms with E-state index >= 15 is 0 Å². The molecule has 0 aliphatic heterocycles. The fraction of sp³-hybridized carbons (Fsp3) is 0.105. The molecule has 1 aliphatic rings. The van der Waals surface area contributed by atoms with Gasteiger partial charge in [0.15, 0.2) is 0 Å². The number of nitrogens with zero attached hydrogens (tertiary/aromatic N) is 2. The number of hydrogen-bond donors (Lipinski definition) is 0. The predicted molar refractivity (Wildman–Crippen MR) is 512 cm³/mol. The molecule has 0 saturated heterocycles. The summed E-state index contributed by atoms with van der Waals surface area (Å²) in [6.45, 7) is 23.7. The molecule has 5 heteroatoms. The van der Waals surface area contributed by atoms with Crippen molar-refractivity contribution in [3.8, 4) is 95.1 Å². The van der Waals surface area contributed by atoms with E-state index < -0.39 is 0 Å². The number of nitriles is 1. The van der Waals surface area contributed by atoms with E-state index in [4.69, 9.17) is 5.26 Å². The van der Waals surface area contributed by atoms with Crippen LogP contribution in [0.1, 0.15) is 80.6 Å². The molecule has 0 N–H and O–H groups in total.